The van der Waals surface area contributed by atoms with E-state index in [1.807, 2.05) is 12.1 Å². The Labute approximate surface area is 195 Å². The second kappa shape index (κ2) is 10.3. The number of hydrogen-bond donors (Lipinski definition) is 1. The molecule has 0 saturated heterocycles. The summed E-state index contributed by atoms with van der Waals surface area (Å²) in [5.74, 6) is -0.0666. The fourth-order valence-electron chi connectivity index (χ4n) is 3.08. The molecular formula is C25H18ClN3O4. The van der Waals surface area contributed by atoms with Crippen molar-refractivity contribution in [2.75, 3.05) is 12.4 Å². The number of hydrogen-bond acceptors (Lipinski definition) is 6. The van der Waals surface area contributed by atoms with E-state index in [4.69, 9.17) is 31.6 Å². The van der Waals surface area contributed by atoms with Gasteiger partial charge in [0.15, 0.2) is 0 Å². The molecule has 0 heterocycles. The lowest BCUT2D eigenvalue weighted by atomic mass is 10.1. The maximum Gasteiger partial charge on any atom is 0.337 e. The number of amides is 1. The number of ether oxygens (including phenoxy) is 2. The lowest BCUT2D eigenvalue weighted by Crippen LogP contribution is -2.15. The molecule has 1 N–H and O–H groups in total. The molecule has 0 saturated carbocycles. The zero-order valence-electron chi connectivity index (χ0n) is 17.8. The lowest BCUT2D eigenvalue weighted by molar-refractivity contribution is -0.115. The fraction of sp³-hybridized carbons (Fsp3) is 0.120. The van der Waals surface area contributed by atoms with Crippen molar-refractivity contribution < 1.29 is 19.1 Å². The molecule has 3 rings (SSSR count). The number of methoxy groups -OCH3 is 1. The molecule has 0 spiro atoms. The molecule has 0 bridgehead atoms. The standard InChI is InChI=1S/C25H18ClN3O4/c1-15-7-19(25(31)32-2)4-5-22(15)29-24(30)12-16-3-6-23(21(26)11-16)33-20-9-17(13-27)8-18(10-20)14-28/h3-11H,12H2,1-2H3,(H,29,30). The van der Waals surface area contributed by atoms with Crippen LogP contribution in [-0.2, 0) is 16.0 Å². The van der Waals surface area contributed by atoms with Gasteiger partial charge in [-0.1, -0.05) is 17.7 Å². The molecule has 0 aromatic heterocycles. The number of nitrogens with zero attached hydrogens (tertiary/aromatic N) is 2. The molecule has 0 atom stereocenters. The van der Waals surface area contributed by atoms with Gasteiger partial charge in [-0.15, -0.1) is 0 Å². The monoisotopic (exact) mass is 459 g/mol. The first kappa shape index (κ1) is 23.3. The zero-order valence-corrected chi connectivity index (χ0v) is 18.6. The minimum atomic E-state index is -0.448. The molecule has 8 heteroatoms. The summed E-state index contributed by atoms with van der Waals surface area (Å²) in [6.07, 6.45) is 0.0701. The first-order chi connectivity index (χ1) is 15.8. The van der Waals surface area contributed by atoms with Crippen LogP contribution in [-0.4, -0.2) is 19.0 Å². The Balaban J connectivity index is 1.69. The van der Waals surface area contributed by atoms with Gasteiger partial charge >= 0.3 is 5.97 Å². The van der Waals surface area contributed by atoms with Gasteiger partial charge in [-0.25, -0.2) is 4.79 Å². The number of carbonyl (C=O) groups is 2. The summed E-state index contributed by atoms with van der Waals surface area (Å²) in [7, 11) is 1.31. The molecule has 3 aromatic carbocycles. The summed E-state index contributed by atoms with van der Waals surface area (Å²) in [4.78, 5) is 24.1. The van der Waals surface area contributed by atoms with Crippen molar-refractivity contribution in [1.82, 2.24) is 0 Å². The smallest absolute Gasteiger partial charge is 0.337 e. The number of rotatable bonds is 6. The van der Waals surface area contributed by atoms with Gasteiger partial charge in [-0.05, 0) is 66.6 Å². The van der Waals surface area contributed by atoms with Crippen LogP contribution in [0.15, 0.2) is 54.6 Å². The molecule has 0 unspecified atom stereocenters. The molecule has 3 aromatic rings. The van der Waals surface area contributed by atoms with Crippen LogP contribution in [0, 0.1) is 29.6 Å². The van der Waals surface area contributed by atoms with E-state index in [0.29, 0.717) is 39.4 Å². The van der Waals surface area contributed by atoms with E-state index in [0.717, 1.165) is 5.56 Å². The van der Waals surface area contributed by atoms with Crippen molar-refractivity contribution in [3.05, 3.63) is 87.4 Å². The highest BCUT2D eigenvalue weighted by Crippen LogP contribution is 2.31. The Bertz CT molecular complexity index is 1290. The number of halogens is 1. The molecule has 1 amide bonds. The van der Waals surface area contributed by atoms with Crippen LogP contribution in [0.5, 0.6) is 11.5 Å². The Morgan fingerprint density at radius 1 is 1.00 bits per heavy atom. The summed E-state index contributed by atoms with van der Waals surface area (Å²) in [6.45, 7) is 1.78. The van der Waals surface area contributed by atoms with E-state index >= 15 is 0 Å². The summed E-state index contributed by atoms with van der Waals surface area (Å²) >= 11 is 6.33. The first-order valence-electron chi connectivity index (χ1n) is 9.73. The zero-order chi connectivity index (χ0) is 24.0. The van der Waals surface area contributed by atoms with Crippen molar-refractivity contribution in [2.45, 2.75) is 13.3 Å². The quantitative estimate of drug-likeness (QED) is 0.510. The topological polar surface area (TPSA) is 112 Å². The van der Waals surface area contributed by atoms with Crippen molar-refractivity contribution >= 4 is 29.2 Å². The number of nitriles is 2. The van der Waals surface area contributed by atoms with Crippen molar-refractivity contribution in [3.8, 4) is 23.6 Å². The molecule has 0 fully saturated rings. The molecule has 7 nitrogen and oxygen atoms in total. The van der Waals surface area contributed by atoms with Crippen LogP contribution in [0.4, 0.5) is 5.69 Å². The van der Waals surface area contributed by atoms with E-state index in [1.165, 1.54) is 25.3 Å². The number of anilines is 1. The van der Waals surface area contributed by atoms with Gasteiger partial charge in [0, 0.05) is 5.69 Å². The average molecular weight is 460 g/mol. The van der Waals surface area contributed by atoms with Gasteiger partial charge in [0.05, 0.1) is 47.4 Å². The van der Waals surface area contributed by atoms with E-state index < -0.39 is 5.97 Å². The minimum absolute atomic E-state index is 0.0701. The number of carbonyl (C=O) groups excluding carboxylic acids is 2. The number of nitrogens with one attached hydrogen (secondary N) is 1. The average Bonchev–Trinajstić information content (AvgIpc) is 2.81. The highest BCUT2D eigenvalue weighted by Gasteiger charge is 2.12. The van der Waals surface area contributed by atoms with Crippen LogP contribution in [0.3, 0.4) is 0 Å². The maximum absolute atomic E-state index is 12.5. The van der Waals surface area contributed by atoms with Crippen LogP contribution in [0.25, 0.3) is 0 Å². The SMILES string of the molecule is COC(=O)c1ccc(NC(=O)Cc2ccc(Oc3cc(C#N)cc(C#N)c3)c(Cl)c2)c(C)c1. The van der Waals surface area contributed by atoms with Crippen molar-refractivity contribution in [1.29, 1.82) is 10.5 Å². The lowest BCUT2D eigenvalue weighted by Gasteiger charge is -2.11. The summed E-state index contributed by atoms with van der Waals surface area (Å²) in [6, 6.07) is 18.2. The summed E-state index contributed by atoms with van der Waals surface area (Å²) in [5, 5.41) is 21.3. The summed E-state index contributed by atoms with van der Waals surface area (Å²) < 4.78 is 10.4. The van der Waals surface area contributed by atoms with Gasteiger partial charge in [-0.2, -0.15) is 10.5 Å². The van der Waals surface area contributed by atoms with Gasteiger partial charge in [0.1, 0.15) is 11.5 Å². The Morgan fingerprint density at radius 2 is 1.70 bits per heavy atom. The second-order valence-electron chi connectivity index (χ2n) is 7.08. The third kappa shape index (κ3) is 5.88. The number of benzene rings is 3. The third-order valence-corrected chi connectivity index (χ3v) is 4.97. The number of aryl methyl sites for hydroxylation is 1. The van der Waals surface area contributed by atoms with Gasteiger partial charge in [0.25, 0.3) is 0 Å². The fourth-order valence-corrected chi connectivity index (χ4v) is 3.32. The van der Waals surface area contributed by atoms with Crippen molar-refractivity contribution in [2.24, 2.45) is 0 Å². The van der Waals surface area contributed by atoms with E-state index in [2.05, 4.69) is 5.32 Å². The maximum atomic E-state index is 12.5. The van der Waals surface area contributed by atoms with E-state index in [1.54, 1.807) is 43.3 Å². The minimum Gasteiger partial charge on any atom is -0.465 e. The first-order valence-corrected chi connectivity index (χ1v) is 10.1. The Hall–Kier alpha value is -4.33. The molecule has 0 aliphatic rings. The van der Waals surface area contributed by atoms with Crippen LogP contribution in [0.2, 0.25) is 5.02 Å². The molecular weight excluding hydrogens is 442 g/mol. The second-order valence-corrected chi connectivity index (χ2v) is 7.49. The van der Waals surface area contributed by atoms with Crippen LogP contribution >= 0.6 is 11.6 Å². The molecule has 0 radical (unpaired) electrons. The van der Waals surface area contributed by atoms with Gasteiger partial charge in [-0.3, -0.25) is 4.79 Å². The molecule has 0 aliphatic heterocycles. The molecule has 33 heavy (non-hydrogen) atoms. The van der Waals surface area contributed by atoms with Gasteiger partial charge in [0.2, 0.25) is 5.91 Å². The van der Waals surface area contributed by atoms with Crippen LogP contribution in [0.1, 0.15) is 32.6 Å². The van der Waals surface area contributed by atoms with Crippen molar-refractivity contribution in [3.63, 3.8) is 0 Å². The third-order valence-electron chi connectivity index (χ3n) is 4.68. The highest BCUT2D eigenvalue weighted by atomic mass is 35.5. The normalized spacial score (nSPS) is 9.97. The predicted molar refractivity (Wildman–Crippen MR) is 122 cm³/mol. The predicted octanol–water partition coefficient (Wildman–Crippen LogP) is 5.15. The van der Waals surface area contributed by atoms with E-state index in [9.17, 15) is 9.59 Å². The van der Waals surface area contributed by atoms with Crippen LogP contribution < -0.4 is 10.1 Å². The van der Waals surface area contributed by atoms with Gasteiger partial charge < -0.3 is 14.8 Å². The molecule has 164 valence electrons. The molecule has 0 aliphatic carbocycles. The Morgan fingerprint density at radius 3 is 2.27 bits per heavy atom. The van der Waals surface area contributed by atoms with E-state index in [-0.39, 0.29) is 17.4 Å². The number of esters is 1. The summed E-state index contributed by atoms with van der Waals surface area (Å²) in [5.41, 5.74) is 2.97. The highest BCUT2D eigenvalue weighted by molar-refractivity contribution is 6.32. The largest absolute Gasteiger partial charge is 0.465 e. The Kier molecular flexibility index (Phi) is 7.30.